The Bertz CT molecular complexity index is 959. The summed E-state index contributed by atoms with van der Waals surface area (Å²) < 4.78 is 63.7. The van der Waals surface area contributed by atoms with E-state index in [0.717, 1.165) is 11.0 Å². The van der Waals surface area contributed by atoms with Crippen LogP contribution in [0.15, 0.2) is 18.2 Å². The van der Waals surface area contributed by atoms with Crippen LogP contribution in [0, 0.1) is 5.82 Å². The number of carbonyl (C=O) groups is 3. The van der Waals surface area contributed by atoms with Gasteiger partial charge in [0.05, 0.1) is 18.2 Å². The van der Waals surface area contributed by atoms with Crippen molar-refractivity contribution in [2.75, 3.05) is 26.4 Å². The molecule has 0 spiro atoms. The molecule has 0 bridgehead atoms. The molecule has 1 aromatic rings. The summed E-state index contributed by atoms with van der Waals surface area (Å²) in [6.07, 6.45) is -5.31. The highest BCUT2D eigenvalue weighted by molar-refractivity contribution is 6.30. The first-order chi connectivity index (χ1) is 17.1. The highest BCUT2D eigenvalue weighted by Crippen LogP contribution is 2.22. The first-order valence-corrected chi connectivity index (χ1v) is 11.5. The van der Waals surface area contributed by atoms with Crippen molar-refractivity contribution < 1.29 is 51.0 Å². The summed E-state index contributed by atoms with van der Waals surface area (Å²) in [5.74, 6) is -1.95. The van der Waals surface area contributed by atoms with Crippen LogP contribution < -0.4 is 15.5 Å². The van der Waals surface area contributed by atoms with Crippen molar-refractivity contribution in [3.05, 3.63) is 29.0 Å². The SMILES string of the molecule is CC(C)(C)OC(=O)N1CC(NC(=O)COc2ccc(Cl)c(F)c2)CCC1C(=O)NOCCOC(F)(F)F. The zero-order chi connectivity index (χ0) is 27.8. The molecule has 1 aliphatic rings. The number of halogens is 5. The Labute approximate surface area is 215 Å². The summed E-state index contributed by atoms with van der Waals surface area (Å²) >= 11 is 5.61. The number of nitrogens with one attached hydrogen (secondary N) is 2. The van der Waals surface area contributed by atoms with E-state index in [9.17, 15) is 31.9 Å². The number of hydrogen-bond donors (Lipinski definition) is 2. The molecule has 2 N–H and O–H groups in total. The van der Waals surface area contributed by atoms with Gasteiger partial charge >= 0.3 is 12.5 Å². The Hall–Kier alpha value is -2.84. The first-order valence-electron chi connectivity index (χ1n) is 11.1. The molecule has 2 rings (SSSR count). The number of alkyl halides is 3. The molecule has 208 valence electrons. The number of amides is 3. The lowest BCUT2D eigenvalue weighted by molar-refractivity contribution is -0.327. The van der Waals surface area contributed by atoms with Crippen LogP contribution in [-0.4, -0.2) is 73.2 Å². The highest BCUT2D eigenvalue weighted by Gasteiger charge is 2.39. The maximum absolute atomic E-state index is 13.5. The molecule has 1 heterocycles. The van der Waals surface area contributed by atoms with Gasteiger partial charge in [-0.2, -0.15) is 0 Å². The fourth-order valence-corrected chi connectivity index (χ4v) is 3.38. The van der Waals surface area contributed by atoms with E-state index in [0.29, 0.717) is 0 Å². The monoisotopic (exact) mass is 557 g/mol. The Balaban J connectivity index is 1.94. The van der Waals surface area contributed by atoms with E-state index in [2.05, 4.69) is 10.1 Å². The number of carbonyl (C=O) groups excluding carboxylic acids is 3. The molecule has 0 radical (unpaired) electrons. The van der Waals surface area contributed by atoms with Gasteiger partial charge in [0.1, 0.15) is 23.2 Å². The van der Waals surface area contributed by atoms with Crippen molar-refractivity contribution >= 4 is 29.5 Å². The van der Waals surface area contributed by atoms with Crippen molar-refractivity contribution in [1.29, 1.82) is 0 Å². The van der Waals surface area contributed by atoms with E-state index in [1.165, 1.54) is 12.1 Å². The molecule has 2 atom stereocenters. The maximum atomic E-state index is 13.5. The molecule has 2 unspecified atom stereocenters. The minimum atomic E-state index is -4.83. The van der Waals surface area contributed by atoms with Crippen molar-refractivity contribution in [3.63, 3.8) is 0 Å². The van der Waals surface area contributed by atoms with Gasteiger partial charge in [-0.3, -0.25) is 24.1 Å². The average Bonchev–Trinajstić information content (AvgIpc) is 2.77. The van der Waals surface area contributed by atoms with Gasteiger partial charge in [0.15, 0.2) is 6.61 Å². The lowest BCUT2D eigenvalue weighted by atomic mass is 9.98. The Kier molecular flexibility index (Phi) is 10.8. The van der Waals surface area contributed by atoms with Crippen LogP contribution in [0.5, 0.6) is 5.75 Å². The standard InChI is InChI=1S/C22H28ClF4N3O7/c1-21(2,3)37-20(33)30-11-13(28-18(31)12-34-14-5-6-15(23)16(24)10-14)4-7-17(30)19(32)29-36-9-8-35-22(25,26)27/h5-6,10,13,17H,4,7-9,11-12H2,1-3H3,(H,28,31)(H,29,32). The molecule has 0 aliphatic carbocycles. The predicted molar refractivity (Wildman–Crippen MR) is 121 cm³/mol. The molecule has 1 aliphatic heterocycles. The molecular weight excluding hydrogens is 530 g/mol. The maximum Gasteiger partial charge on any atom is 0.522 e. The van der Waals surface area contributed by atoms with Crippen molar-refractivity contribution in [1.82, 2.24) is 15.7 Å². The van der Waals surface area contributed by atoms with Crippen molar-refractivity contribution in [2.45, 2.75) is 57.7 Å². The molecule has 1 aromatic carbocycles. The van der Waals surface area contributed by atoms with Gasteiger partial charge in [-0.15, -0.1) is 13.2 Å². The van der Waals surface area contributed by atoms with Gasteiger partial charge < -0.3 is 14.8 Å². The summed E-state index contributed by atoms with van der Waals surface area (Å²) in [5.41, 5.74) is 1.12. The number of hydrogen-bond acceptors (Lipinski definition) is 7. The van der Waals surface area contributed by atoms with Gasteiger partial charge in [-0.05, 0) is 45.7 Å². The third kappa shape index (κ3) is 11.0. The summed E-state index contributed by atoms with van der Waals surface area (Å²) in [6, 6.07) is 2.06. The zero-order valence-corrected chi connectivity index (χ0v) is 21.1. The lowest BCUT2D eigenvalue weighted by Gasteiger charge is -2.39. The van der Waals surface area contributed by atoms with Crippen LogP contribution in [0.4, 0.5) is 22.4 Å². The van der Waals surface area contributed by atoms with Crippen LogP contribution >= 0.6 is 11.6 Å². The second-order valence-corrected chi connectivity index (χ2v) is 9.37. The van der Waals surface area contributed by atoms with E-state index in [4.69, 9.17) is 25.9 Å². The van der Waals surface area contributed by atoms with Crippen LogP contribution in [0.1, 0.15) is 33.6 Å². The summed E-state index contributed by atoms with van der Waals surface area (Å²) in [5, 5.41) is 2.58. The largest absolute Gasteiger partial charge is 0.522 e. The Morgan fingerprint density at radius 3 is 2.46 bits per heavy atom. The second-order valence-electron chi connectivity index (χ2n) is 8.96. The number of rotatable bonds is 9. The quantitative estimate of drug-likeness (QED) is 0.272. The van der Waals surface area contributed by atoms with Crippen LogP contribution in [-0.2, 0) is 23.9 Å². The number of nitrogens with zero attached hydrogens (tertiary/aromatic N) is 1. The fraction of sp³-hybridized carbons (Fsp3) is 0.591. The molecule has 0 saturated carbocycles. The normalized spacial score (nSPS) is 18.2. The predicted octanol–water partition coefficient (Wildman–Crippen LogP) is 3.33. The van der Waals surface area contributed by atoms with Gasteiger partial charge in [0.2, 0.25) is 0 Å². The highest BCUT2D eigenvalue weighted by atomic mass is 35.5. The summed E-state index contributed by atoms with van der Waals surface area (Å²) in [6.45, 7) is 2.91. The topological polar surface area (TPSA) is 115 Å². The van der Waals surface area contributed by atoms with Gasteiger partial charge in [0.25, 0.3) is 11.8 Å². The Morgan fingerprint density at radius 2 is 1.84 bits per heavy atom. The van der Waals surface area contributed by atoms with Crippen molar-refractivity contribution in [3.8, 4) is 5.75 Å². The zero-order valence-electron chi connectivity index (χ0n) is 20.3. The number of piperidine rings is 1. The minimum absolute atomic E-state index is 0.0850. The van der Waals surface area contributed by atoms with Gasteiger partial charge in [-0.25, -0.2) is 14.7 Å². The van der Waals surface area contributed by atoms with E-state index >= 15 is 0 Å². The fourth-order valence-electron chi connectivity index (χ4n) is 3.26. The minimum Gasteiger partial charge on any atom is -0.484 e. The molecule has 1 fully saturated rings. The van der Waals surface area contributed by atoms with Crippen LogP contribution in [0.2, 0.25) is 5.02 Å². The van der Waals surface area contributed by atoms with Gasteiger partial charge in [0, 0.05) is 18.7 Å². The van der Waals surface area contributed by atoms with Crippen molar-refractivity contribution in [2.24, 2.45) is 0 Å². The number of ether oxygens (including phenoxy) is 3. The molecule has 0 aromatic heterocycles. The molecule has 15 heteroatoms. The van der Waals surface area contributed by atoms with E-state index in [1.807, 2.05) is 5.48 Å². The molecule has 37 heavy (non-hydrogen) atoms. The molecular formula is C22H28ClF4N3O7. The molecule has 1 saturated heterocycles. The van der Waals surface area contributed by atoms with E-state index < -0.39 is 67.6 Å². The van der Waals surface area contributed by atoms with Crippen LogP contribution in [0.3, 0.4) is 0 Å². The second kappa shape index (κ2) is 13.1. The molecule has 3 amide bonds. The van der Waals surface area contributed by atoms with E-state index in [-0.39, 0.29) is 30.2 Å². The summed E-state index contributed by atoms with van der Waals surface area (Å²) in [7, 11) is 0. The lowest BCUT2D eigenvalue weighted by Crippen LogP contribution is -2.59. The number of benzene rings is 1. The smallest absolute Gasteiger partial charge is 0.484 e. The average molecular weight is 558 g/mol. The third-order valence-corrected chi connectivity index (χ3v) is 5.07. The number of hydroxylamine groups is 1. The molecule has 10 nitrogen and oxygen atoms in total. The first kappa shape index (κ1) is 30.4. The number of likely N-dealkylation sites (tertiary alicyclic amines) is 1. The van der Waals surface area contributed by atoms with Gasteiger partial charge in [-0.1, -0.05) is 11.6 Å². The summed E-state index contributed by atoms with van der Waals surface area (Å²) in [4.78, 5) is 43.5. The third-order valence-electron chi connectivity index (χ3n) is 4.76. The Morgan fingerprint density at radius 1 is 1.14 bits per heavy atom. The van der Waals surface area contributed by atoms with E-state index in [1.54, 1.807) is 20.8 Å². The van der Waals surface area contributed by atoms with Crippen LogP contribution in [0.25, 0.3) is 0 Å².